The molecule has 9 nitrogen and oxygen atoms in total. The minimum Gasteiger partial charge on any atom is -0.309 e. The van der Waals surface area contributed by atoms with Crippen LogP contribution in [0.3, 0.4) is 0 Å². The molecule has 3 aromatic heterocycles. The number of amides is 1. The predicted molar refractivity (Wildman–Crippen MR) is 76.3 cm³/mol. The van der Waals surface area contributed by atoms with Crippen molar-refractivity contribution >= 4 is 11.7 Å². The third-order valence-corrected chi connectivity index (χ3v) is 2.80. The molecule has 0 saturated carbocycles. The van der Waals surface area contributed by atoms with Crippen molar-refractivity contribution in [3.05, 3.63) is 60.1 Å². The average Bonchev–Trinajstić information content (AvgIpc) is 3.04. The summed E-state index contributed by atoms with van der Waals surface area (Å²) in [6.07, 6.45) is 8.94. The van der Waals surface area contributed by atoms with Gasteiger partial charge in [-0.3, -0.25) is 18.7 Å². The summed E-state index contributed by atoms with van der Waals surface area (Å²) in [6, 6.07) is 2.89. The Labute approximate surface area is 124 Å². The Morgan fingerprint density at radius 2 is 2.05 bits per heavy atom. The van der Waals surface area contributed by atoms with Gasteiger partial charge in [0.2, 0.25) is 5.91 Å². The largest absolute Gasteiger partial charge is 0.309 e. The summed E-state index contributed by atoms with van der Waals surface area (Å²) < 4.78 is 2.89. The minimum atomic E-state index is -0.384. The topological polar surface area (TPSA) is 108 Å². The summed E-state index contributed by atoms with van der Waals surface area (Å²) in [6.45, 7) is -0.142. The zero-order valence-electron chi connectivity index (χ0n) is 11.3. The average molecular weight is 297 g/mol. The van der Waals surface area contributed by atoms with Gasteiger partial charge in [0, 0.05) is 30.7 Å². The molecule has 3 heterocycles. The number of nitrogens with one attached hydrogen (secondary N) is 1. The molecule has 1 amide bonds. The smallest absolute Gasteiger partial charge is 0.253 e. The first-order chi connectivity index (χ1) is 10.7. The van der Waals surface area contributed by atoms with Crippen LogP contribution in [0.15, 0.2) is 54.5 Å². The third kappa shape index (κ3) is 3.03. The van der Waals surface area contributed by atoms with Crippen molar-refractivity contribution < 1.29 is 4.79 Å². The Bertz CT molecular complexity index is 841. The molecule has 9 heteroatoms. The molecular formula is C13H11N7O2. The molecule has 0 fully saturated rings. The van der Waals surface area contributed by atoms with Gasteiger partial charge in [0.15, 0.2) is 0 Å². The Balaban J connectivity index is 1.73. The van der Waals surface area contributed by atoms with Crippen LogP contribution < -0.4 is 10.9 Å². The highest BCUT2D eigenvalue weighted by molar-refractivity contribution is 5.89. The SMILES string of the molecule is O=C(Cn1cnccc1=O)Nc1cc(-n2ccnc2)ncn1. The van der Waals surface area contributed by atoms with Crippen LogP contribution in [0.1, 0.15) is 0 Å². The van der Waals surface area contributed by atoms with E-state index in [9.17, 15) is 9.59 Å². The molecule has 3 rings (SSSR count). The maximum Gasteiger partial charge on any atom is 0.253 e. The van der Waals surface area contributed by atoms with E-state index < -0.39 is 0 Å². The second-order valence-corrected chi connectivity index (χ2v) is 4.33. The van der Waals surface area contributed by atoms with Crippen molar-refractivity contribution in [3.8, 4) is 5.82 Å². The molecule has 0 saturated heterocycles. The molecule has 0 atom stereocenters. The van der Waals surface area contributed by atoms with Crippen molar-refractivity contribution in [3.63, 3.8) is 0 Å². The highest BCUT2D eigenvalue weighted by atomic mass is 16.2. The van der Waals surface area contributed by atoms with Crippen LogP contribution in [-0.2, 0) is 11.3 Å². The van der Waals surface area contributed by atoms with Crippen molar-refractivity contribution in [2.45, 2.75) is 6.54 Å². The molecule has 0 unspecified atom stereocenters. The lowest BCUT2D eigenvalue weighted by Crippen LogP contribution is -2.27. The van der Waals surface area contributed by atoms with E-state index >= 15 is 0 Å². The van der Waals surface area contributed by atoms with Crippen LogP contribution in [0.4, 0.5) is 5.82 Å². The van der Waals surface area contributed by atoms with Crippen LogP contribution in [0.2, 0.25) is 0 Å². The number of aromatic nitrogens is 6. The summed E-state index contributed by atoms with van der Waals surface area (Å²) in [7, 11) is 0. The van der Waals surface area contributed by atoms with Crippen molar-refractivity contribution in [1.82, 2.24) is 29.1 Å². The number of carbonyl (C=O) groups excluding carboxylic acids is 1. The lowest BCUT2D eigenvalue weighted by atomic mass is 10.4. The van der Waals surface area contributed by atoms with Gasteiger partial charge in [-0.05, 0) is 0 Å². The number of nitrogens with zero attached hydrogens (tertiary/aromatic N) is 6. The zero-order chi connectivity index (χ0) is 15.4. The van der Waals surface area contributed by atoms with E-state index in [-0.39, 0.29) is 18.0 Å². The summed E-state index contributed by atoms with van der Waals surface area (Å²) >= 11 is 0. The van der Waals surface area contributed by atoms with Gasteiger partial charge in [-0.2, -0.15) is 0 Å². The van der Waals surface area contributed by atoms with Crippen LogP contribution in [0.5, 0.6) is 0 Å². The van der Waals surface area contributed by atoms with E-state index in [1.54, 1.807) is 29.4 Å². The maximum atomic E-state index is 12.0. The van der Waals surface area contributed by atoms with Crippen LogP contribution in [0.25, 0.3) is 5.82 Å². The standard InChI is InChI=1S/C13H11N7O2/c21-12(6-20-9-14-2-1-13(20)22)18-10-5-11(17-7-16-10)19-4-3-15-8-19/h1-5,7-9H,6H2,(H,16,17,18,21). The van der Waals surface area contributed by atoms with Crippen molar-refractivity contribution in [2.75, 3.05) is 5.32 Å². The quantitative estimate of drug-likeness (QED) is 0.718. The minimum absolute atomic E-state index is 0.142. The van der Waals surface area contributed by atoms with E-state index in [1.807, 2.05) is 0 Å². The maximum absolute atomic E-state index is 12.0. The molecule has 0 aliphatic carbocycles. The Hall–Kier alpha value is -3.36. The van der Waals surface area contributed by atoms with Gasteiger partial charge >= 0.3 is 0 Å². The van der Waals surface area contributed by atoms with Gasteiger partial charge < -0.3 is 5.32 Å². The van der Waals surface area contributed by atoms with E-state index in [2.05, 4.69) is 25.3 Å². The Morgan fingerprint density at radius 1 is 1.18 bits per heavy atom. The fourth-order valence-electron chi connectivity index (χ4n) is 1.79. The summed E-state index contributed by atoms with van der Waals surface area (Å²) in [4.78, 5) is 39.3. The fraction of sp³-hybridized carbons (Fsp3) is 0.0769. The molecule has 0 aromatic carbocycles. The van der Waals surface area contributed by atoms with Crippen molar-refractivity contribution in [1.29, 1.82) is 0 Å². The molecule has 22 heavy (non-hydrogen) atoms. The van der Waals surface area contributed by atoms with Gasteiger partial charge in [0.1, 0.15) is 30.8 Å². The monoisotopic (exact) mass is 297 g/mol. The lowest BCUT2D eigenvalue weighted by Gasteiger charge is -2.07. The van der Waals surface area contributed by atoms with Gasteiger partial charge in [0.05, 0.1) is 6.33 Å². The molecule has 0 spiro atoms. The number of hydrogen-bond donors (Lipinski definition) is 1. The van der Waals surface area contributed by atoms with Gasteiger partial charge in [-0.25, -0.2) is 19.9 Å². The molecule has 0 aliphatic rings. The molecule has 0 aliphatic heterocycles. The number of rotatable bonds is 4. The number of imidazole rings is 1. The number of hydrogen-bond acceptors (Lipinski definition) is 6. The molecular weight excluding hydrogens is 286 g/mol. The Morgan fingerprint density at radius 3 is 2.82 bits per heavy atom. The first-order valence-electron chi connectivity index (χ1n) is 6.33. The van der Waals surface area contributed by atoms with Crippen LogP contribution in [-0.4, -0.2) is 35.0 Å². The van der Waals surface area contributed by atoms with Crippen molar-refractivity contribution in [2.24, 2.45) is 0 Å². The molecule has 0 radical (unpaired) electrons. The highest BCUT2D eigenvalue weighted by Gasteiger charge is 2.07. The van der Waals surface area contributed by atoms with E-state index in [4.69, 9.17) is 0 Å². The van der Waals surface area contributed by atoms with Gasteiger partial charge in [0.25, 0.3) is 5.56 Å². The van der Waals surface area contributed by atoms with Gasteiger partial charge in [-0.1, -0.05) is 0 Å². The van der Waals surface area contributed by atoms with Crippen LogP contribution >= 0.6 is 0 Å². The second kappa shape index (κ2) is 5.95. The normalized spacial score (nSPS) is 10.4. The number of carbonyl (C=O) groups is 1. The molecule has 110 valence electrons. The molecule has 0 bridgehead atoms. The summed E-state index contributed by atoms with van der Waals surface area (Å²) in [5.74, 6) is 0.521. The Kier molecular flexibility index (Phi) is 3.69. The first kappa shape index (κ1) is 13.6. The van der Waals surface area contributed by atoms with E-state index in [1.165, 1.54) is 29.5 Å². The fourth-order valence-corrected chi connectivity index (χ4v) is 1.79. The highest BCUT2D eigenvalue weighted by Crippen LogP contribution is 2.08. The van der Waals surface area contributed by atoms with Crippen LogP contribution in [0, 0.1) is 0 Å². The van der Waals surface area contributed by atoms with E-state index in [0.29, 0.717) is 11.6 Å². The third-order valence-electron chi connectivity index (χ3n) is 2.80. The lowest BCUT2D eigenvalue weighted by molar-refractivity contribution is -0.116. The predicted octanol–water partition coefficient (Wildman–Crippen LogP) is -0.142. The van der Waals surface area contributed by atoms with Gasteiger partial charge in [-0.15, -0.1) is 0 Å². The van der Waals surface area contributed by atoms with E-state index in [0.717, 1.165) is 0 Å². The molecule has 1 N–H and O–H groups in total. The summed E-state index contributed by atoms with van der Waals surface area (Å²) in [5, 5.41) is 2.61. The summed E-state index contributed by atoms with van der Waals surface area (Å²) in [5.41, 5.74) is -0.299. The first-order valence-corrected chi connectivity index (χ1v) is 6.33. The number of anilines is 1. The second-order valence-electron chi connectivity index (χ2n) is 4.33. The molecule has 3 aromatic rings. The zero-order valence-corrected chi connectivity index (χ0v) is 11.3.